The average Bonchev–Trinajstić information content (AvgIpc) is 2.75. The van der Waals surface area contributed by atoms with Crippen molar-refractivity contribution in [1.29, 1.82) is 0 Å². The highest BCUT2D eigenvalue weighted by Gasteiger charge is 2.32. The number of nitrogens with zero attached hydrogens (tertiary/aromatic N) is 1. The van der Waals surface area contributed by atoms with Crippen molar-refractivity contribution >= 4 is 37.3 Å². The van der Waals surface area contributed by atoms with E-state index in [9.17, 15) is 21.6 Å². The van der Waals surface area contributed by atoms with Crippen LogP contribution in [0.4, 0.5) is 11.4 Å². The van der Waals surface area contributed by atoms with Gasteiger partial charge in [-0.25, -0.2) is 16.8 Å². The zero-order valence-corrected chi connectivity index (χ0v) is 19.9. The normalized spacial score (nSPS) is 15.9. The second-order valence-electron chi connectivity index (χ2n) is 7.98. The molecule has 0 aromatic heterocycles. The van der Waals surface area contributed by atoms with Gasteiger partial charge in [0.15, 0.2) is 0 Å². The summed E-state index contributed by atoms with van der Waals surface area (Å²) in [6.07, 6.45) is 1.40. The van der Waals surface area contributed by atoms with Crippen molar-refractivity contribution in [2.45, 2.75) is 38.0 Å². The van der Waals surface area contributed by atoms with Crippen molar-refractivity contribution in [1.82, 2.24) is 4.31 Å². The zero-order valence-electron chi connectivity index (χ0n) is 18.2. The molecule has 10 heteroatoms. The third kappa shape index (κ3) is 6.08. The Bertz CT molecular complexity index is 1140. The summed E-state index contributed by atoms with van der Waals surface area (Å²) in [6.45, 7) is 4.26. The number of benzene rings is 2. The van der Waals surface area contributed by atoms with Gasteiger partial charge in [0.2, 0.25) is 26.0 Å². The number of hydrogen-bond donors (Lipinski definition) is 2. The molecule has 3 rings (SSSR count). The molecule has 2 N–H and O–H groups in total. The number of hydrogen-bond acceptors (Lipinski definition) is 5. The topological polar surface area (TPSA) is 113 Å². The molecule has 1 aliphatic rings. The van der Waals surface area contributed by atoms with E-state index in [1.54, 1.807) is 55.5 Å². The smallest absolute Gasteiger partial charge is 0.243 e. The lowest BCUT2D eigenvalue weighted by molar-refractivity contribution is -0.120. The molecule has 2 aromatic carbocycles. The van der Waals surface area contributed by atoms with Gasteiger partial charge in [-0.2, -0.15) is 4.31 Å². The predicted molar refractivity (Wildman–Crippen MR) is 125 cm³/mol. The molecule has 0 spiro atoms. The summed E-state index contributed by atoms with van der Waals surface area (Å²) in [7, 11) is -6.93. The first-order valence-electron chi connectivity index (χ1n) is 10.6. The molecule has 1 amide bonds. The lowest BCUT2D eigenvalue weighted by atomic mass is 9.97. The number of sulfonamides is 2. The SMILES string of the molecule is CCCS(=O)(=O)Nc1ccc(NC(=O)C2CCN(S(=O)(=O)c3ccc(C)cc3)CC2)cc1. The van der Waals surface area contributed by atoms with Crippen LogP contribution < -0.4 is 10.0 Å². The van der Waals surface area contributed by atoms with E-state index >= 15 is 0 Å². The molecular weight excluding hydrogens is 450 g/mol. The molecule has 174 valence electrons. The third-order valence-corrected chi connectivity index (χ3v) is 8.79. The van der Waals surface area contributed by atoms with Crippen LogP contribution in [0.5, 0.6) is 0 Å². The van der Waals surface area contributed by atoms with E-state index in [0.717, 1.165) is 5.56 Å². The molecule has 0 unspecified atom stereocenters. The second-order valence-corrected chi connectivity index (χ2v) is 11.8. The maximum atomic E-state index is 12.8. The quantitative estimate of drug-likeness (QED) is 0.604. The molecule has 1 saturated heterocycles. The van der Waals surface area contributed by atoms with E-state index in [4.69, 9.17) is 0 Å². The Labute approximate surface area is 190 Å². The Morgan fingerprint density at radius 3 is 2.06 bits per heavy atom. The van der Waals surface area contributed by atoms with Crippen molar-refractivity contribution in [3.8, 4) is 0 Å². The number of piperidine rings is 1. The summed E-state index contributed by atoms with van der Waals surface area (Å²) >= 11 is 0. The number of carbonyl (C=O) groups is 1. The number of aryl methyl sites for hydroxylation is 1. The first-order valence-corrected chi connectivity index (χ1v) is 13.7. The minimum atomic E-state index is -3.57. The standard InChI is InChI=1S/C22H29N3O5S2/c1-3-16-31(27,28)24-20-8-6-19(7-9-20)23-22(26)18-12-14-25(15-13-18)32(29,30)21-10-4-17(2)5-11-21/h4-11,18,24H,3,12-16H2,1-2H3,(H,23,26). The Kier molecular flexibility index (Phi) is 7.58. The van der Waals surface area contributed by atoms with Crippen LogP contribution in [-0.2, 0) is 24.8 Å². The molecule has 0 bridgehead atoms. The van der Waals surface area contributed by atoms with Crippen molar-refractivity contribution in [3.05, 3.63) is 54.1 Å². The van der Waals surface area contributed by atoms with Crippen LogP contribution in [0.3, 0.4) is 0 Å². The number of carbonyl (C=O) groups excluding carboxylic acids is 1. The summed E-state index contributed by atoms with van der Waals surface area (Å²) in [6, 6.07) is 13.2. The second kappa shape index (κ2) is 10.0. The van der Waals surface area contributed by atoms with Crippen molar-refractivity contribution in [3.63, 3.8) is 0 Å². The summed E-state index contributed by atoms with van der Waals surface area (Å²) in [5.74, 6) is -0.414. The fraction of sp³-hybridized carbons (Fsp3) is 0.409. The minimum Gasteiger partial charge on any atom is -0.326 e. The van der Waals surface area contributed by atoms with Crippen molar-refractivity contribution in [2.75, 3.05) is 28.9 Å². The average molecular weight is 480 g/mol. The monoisotopic (exact) mass is 479 g/mol. The van der Waals surface area contributed by atoms with Crippen LogP contribution in [0.2, 0.25) is 0 Å². The van der Waals surface area contributed by atoms with Gasteiger partial charge >= 0.3 is 0 Å². The van der Waals surface area contributed by atoms with E-state index < -0.39 is 20.0 Å². The number of anilines is 2. The number of nitrogens with one attached hydrogen (secondary N) is 2. The molecule has 1 fully saturated rings. The van der Waals surface area contributed by atoms with Gasteiger partial charge in [0, 0.05) is 30.4 Å². The van der Waals surface area contributed by atoms with Gasteiger partial charge < -0.3 is 5.32 Å². The van der Waals surface area contributed by atoms with Crippen LogP contribution in [0.1, 0.15) is 31.7 Å². The molecule has 2 aromatic rings. The Morgan fingerprint density at radius 1 is 0.938 bits per heavy atom. The lowest BCUT2D eigenvalue weighted by Crippen LogP contribution is -2.41. The highest BCUT2D eigenvalue weighted by Crippen LogP contribution is 2.25. The van der Waals surface area contributed by atoms with Gasteiger partial charge in [-0.3, -0.25) is 9.52 Å². The number of amides is 1. The summed E-state index contributed by atoms with van der Waals surface area (Å²) < 4.78 is 53.2. The molecule has 0 aliphatic carbocycles. The molecule has 0 saturated carbocycles. The van der Waals surface area contributed by atoms with E-state index in [1.807, 2.05) is 6.92 Å². The van der Waals surface area contributed by atoms with Gasteiger partial charge in [-0.1, -0.05) is 24.6 Å². The largest absolute Gasteiger partial charge is 0.326 e. The van der Waals surface area contributed by atoms with Gasteiger partial charge in [0.1, 0.15) is 0 Å². The van der Waals surface area contributed by atoms with E-state index in [2.05, 4.69) is 10.0 Å². The Balaban J connectivity index is 1.55. The van der Waals surface area contributed by atoms with Crippen molar-refractivity contribution in [2.24, 2.45) is 5.92 Å². The Morgan fingerprint density at radius 2 is 1.50 bits per heavy atom. The molecule has 1 heterocycles. The maximum absolute atomic E-state index is 12.8. The fourth-order valence-electron chi connectivity index (χ4n) is 3.58. The van der Waals surface area contributed by atoms with E-state index in [-0.39, 0.29) is 35.6 Å². The summed E-state index contributed by atoms with van der Waals surface area (Å²) in [5, 5.41) is 2.83. The maximum Gasteiger partial charge on any atom is 0.243 e. The summed E-state index contributed by atoms with van der Waals surface area (Å²) in [4.78, 5) is 12.9. The van der Waals surface area contributed by atoms with E-state index in [1.165, 1.54) is 4.31 Å². The highest BCUT2D eigenvalue weighted by molar-refractivity contribution is 7.92. The summed E-state index contributed by atoms with van der Waals surface area (Å²) in [5.41, 5.74) is 1.99. The molecule has 0 radical (unpaired) electrons. The molecule has 1 aliphatic heterocycles. The highest BCUT2D eigenvalue weighted by atomic mass is 32.2. The molecule has 0 atom stereocenters. The van der Waals surface area contributed by atoms with Crippen LogP contribution in [0.15, 0.2) is 53.4 Å². The van der Waals surface area contributed by atoms with Crippen LogP contribution in [0, 0.1) is 12.8 Å². The van der Waals surface area contributed by atoms with E-state index in [0.29, 0.717) is 30.6 Å². The van der Waals surface area contributed by atoms with Crippen LogP contribution in [-0.4, -0.2) is 45.9 Å². The first kappa shape index (κ1) is 24.2. The Hall–Kier alpha value is -2.43. The zero-order chi connectivity index (χ0) is 23.4. The molecular formula is C22H29N3O5S2. The third-order valence-electron chi connectivity index (χ3n) is 5.38. The van der Waals surface area contributed by atoms with Gasteiger partial charge in [0.25, 0.3) is 0 Å². The number of rotatable bonds is 8. The minimum absolute atomic E-state index is 0.0455. The van der Waals surface area contributed by atoms with Gasteiger partial charge in [-0.15, -0.1) is 0 Å². The van der Waals surface area contributed by atoms with Crippen molar-refractivity contribution < 1.29 is 21.6 Å². The first-order chi connectivity index (χ1) is 15.1. The van der Waals surface area contributed by atoms with Gasteiger partial charge in [0.05, 0.1) is 10.6 Å². The molecule has 8 nitrogen and oxygen atoms in total. The van der Waals surface area contributed by atoms with Crippen LogP contribution in [0.25, 0.3) is 0 Å². The fourth-order valence-corrected chi connectivity index (χ4v) is 6.19. The lowest BCUT2D eigenvalue weighted by Gasteiger charge is -2.30. The predicted octanol–water partition coefficient (Wildman–Crippen LogP) is 3.19. The van der Waals surface area contributed by atoms with Gasteiger partial charge in [-0.05, 0) is 62.6 Å². The molecule has 32 heavy (non-hydrogen) atoms. The van der Waals surface area contributed by atoms with Crippen LogP contribution >= 0.6 is 0 Å².